The number of benzene rings is 3. The van der Waals surface area contributed by atoms with Crippen LogP contribution in [-0.4, -0.2) is 15.9 Å². The van der Waals surface area contributed by atoms with Crippen molar-refractivity contribution in [1.29, 1.82) is 0 Å². The van der Waals surface area contributed by atoms with E-state index in [1.54, 1.807) is 18.2 Å². The van der Waals surface area contributed by atoms with E-state index in [0.717, 1.165) is 14.5 Å². The number of rotatable bonds is 6. The minimum absolute atomic E-state index is 0.0144. The molecule has 0 saturated heterocycles. The van der Waals surface area contributed by atoms with E-state index in [1.165, 1.54) is 10.9 Å². The third-order valence-electron chi connectivity index (χ3n) is 4.99. The van der Waals surface area contributed by atoms with Crippen LogP contribution in [0.5, 0.6) is 5.75 Å². The van der Waals surface area contributed by atoms with Crippen LogP contribution in [0.2, 0.25) is 10.0 Å². The van der Waals surface area contributed by atoms with E-state index < -0.39 is 0 Å². The van der Waals surface area contributed by atoms with Crippen molar-refractivity contribution >= 4 is 72.2 Å². The number of ether oxygens (including phenoxy) is 1. The summed E-state index contributed by atoms with van der Waals surface area (Å²) in [7, 11) is 0. The largest absolute Gasteiger partial charge is 0.486 e. The van der Waals surface area contributed by atoms with Gasteiger partial charge in [0.1, 0.15) is 12.4 Å². The minimum atomic E-state index is -0.252. The van der Waals surface area contributed by atoms with Gasteiger partial charge in [0.25, 0.3) is 5.56 Å². The predicted molar refractivity (Wildman–Crippen MR) is 146 cm³/mol. The van der Waals surface area contributed by atoms with Crippen LogP contribution in [0.4, 0.5) is 0 Å². The summed E-state index contributed by atoms with van der Waals surface area (Å²) in [4.78, 5) is 17.8. The second-order valence-electron chi connectivity index (χ2n) is 7.88. The standard InChI is InChI=1S/C25H19Br2Cl2N3O2/c1-14(2)24-31-22-8-7-18(27)11-19(22)25(33)32(24)30-12-16-9-20(28)23(21(29)10-16)34-13-15-3-5-17(26)6-4-15/h3-12,14H,13H2,1-2H3. The van der Waals surface area contributed by atoms with Gasteiger partial charge in [0.15, 0.2) is 5.75 Å². The summed E-state index contributed by atoms with van der Waals surface area (Å²) in [6.07, 6.45) is 1.54. The van der Waals surface area contributed by atoms with E-state index in [1.807, 2.05) is 50.2 Å². The topological polar surface area (TPSA) is 56.5 Å². The fourth-order valence-corrected chi connectivity index (χ4v) is 4.54. The van der Waals surface area contributed by atoms with Gasteiger partial charge in [0.2, 0.25) is 0 Å². The molecule has 174 valence electrons. The van der Waals surface area contributed by atoms with Crippen molar-refractivity contribution in [3.8, 4) is 5.75 Å². The van der Waals surface area contributed by atoms with Crippen molar-refractivity contribution in [2.75, 3.05) is 0 Å². The van der Waals surface area contributed by atoms with Gasteiger partial charge in [-0.3, -0.25) is 4.79 Å². The summed E-state index contributed by atoms with van der Waals surface area (Å²) in [5.74, 6) is 0.933. The molecule has 0 aliphatic rings. The molecule has 0 unspecified atom stereocenters. The van der Waals surface area contributed by atoms with E-state index in [4.69, 9.17) is 27.9 Å². The first-order chi connectivity index (χ1) is 16.2. The number of nitrogens with zero attached hydrogens (tertiary/aromatic N) is 3. The summed E-state index contributed by atoms with van der Waals surface area (Å²) in [6, 6.07) is 16.6. The molecule has 0 radical (unpaired) electrons. The van der Waals surface area contributed by atoms with Crippen molar-refractivity contribution in [3.05, 3.63) is 101 Å². The van der Waals surface area contributed by atoms with Crippen molar-refractivity contribution in [1.82, 2.24) is 9.66 Å². The average molecular weight is 624 g/mol. The zero-order chi connectivity index (χ0) is 24.4. The summed E-state index contributed by atoms with van der Waals surface area (Å²) in [5.41, 5.74) is 1.98. The molecule has 0 amide bonds. The molecule has 0 saturated carbocycles. The smallest absolute Gasteiger partial charge is 0.282 e. The van der Waals surface area contributed by atoms with Crippen LogP contribution in [0.15, 0.2) is 73.4 Å². The molecule has 4 rings (SSSR count). The quantitative estimate of drug-likeness (QED) is 0.206. The van der Waals surface area contributed by atoms with Gasteiger partial charge >= 0.3 is 0 Å². The molecule has 4 aromatic rings. The van der Waals surface area contributed by atoms with E-state index in [9.17, 15) is 4.79 Å². The molecular formula is C25H19Br2Cl2N3O2. The molecule has 0 spiro atoms. The number of halogens is 4. The highest BCUT2D eigenvalue weighted by molar-refractivity contribution is 9.10. The fourth-order valence-electron chi connectivity index (χ4n) is 3.30. The molecule has 0 fully saturated rings. The molecule has 1 heterocycles. The third-order valence-corrected chi connectivity index (χ3v) is 6.57. The first kappa shape index (κ1) is 24.9. The number of fused-ring (bicyclic) bond motifs is 1. The fraction of sp³-hybridized carbons (Fsp3) is 0.160. The second-order valence-corrected chi connectivity index (χ2v) is 10.5. The molecule has 0 aliphatic heterocycles. The molecule has 34 heavy (non-hydrogen) atoms. The first-order valence-electron chi connectivity index (χ1n) is 10.4. The lowest BCUT2D eigenvalue weighted by Gasteiger charge is -2.13. The molecule has 5 nitrogen and oxygen atoms in total. The van der Waals surface area contributed by atoms with Crippen molar-refractivity contribution in [3.63, 3.8) is 0 Å². The lowest BCUT2D eigenvalue weighted by Crippen LogP contribution is -2.23. The van der Waals surface area contributed by atoms with Crippen LogP contribution < -0.4 is 10.3 Å². The minimum Gasteiger partial charge on any atom is -0.486 e. The maximum Gasteiger partial charge on any atom is 0.282 e. The number of aromatic nitrogens is 2. The van der Waals surface area contributed by atoms with Crippen LogP contribution in [0.25, 0.3) is 10.9 Å². The molecular weight excluding hydrogens is 605 g/mol. The van der Waals surface area contributed by atoms with Gasteiger partial charge in [-0.05, 0) is 53.6 Å². The Hall–Kier alpha value is -2.19. The van der Waals surface area contributed by atoms with Gasteiger partial charge in [0.05, 0.1) is 27.2 Å². The normalized spacial score (nSPS) is 11.6. The van der Waals surface area contributed by atoms with Gasteiger partial charge in [-0.25, -0.2) is 4.98 Å². The maximum atomic E-state index is 13.2. The highest BCUT2D eigenvalue weighted by Crippen LogP contribution is 2.34. The van der Waals surface area contributed by atoms with E-state index in [2.05, 4.69) is 41.9 Å². The van der Waals surface area contributed by atoms with Gasteiger partial charge in [-0.2, -0.15) is 9.78 Å². The Kier molecular flexibility index (Phi) is 7.77. The van der Waals surface area contributed by atoms with Gasteiger partial charge in [-0.15, -0.1) is 0 Å². The summed E-state index contributed by atoms with van der Waals surface area (Å²) >= 11 is 19.7. The van der Waals surface area contributed by atoms with E-state index in [-0.39, 0.29) is 11.5 Å². The van der Waals surface area contributed by atoms with E-state index >= 15 is 0 Å². The Morgan fingerprint density at radius 2 is 1.68 bits per heavy atom. The highest BCUT2D eigenvalue weighted by atomic mass is 79.9. The second kappa shape index (κ2) is 10.6. The molecule has 0 aliphatic carbocycles. The molecule has 3 aromatic carbocycles. The first-order valence-corrected chi connectivity index (χ1v) is 12.7. The van der Waals surface area contributed by atoms with Crippen LogP contribution in [0.1, 0.15) is 36.7 Å². The van der Waals surface area contributed by atoms with Gasteiger partial charge < -0.3 is 4.74 Å². The zero-order valence-corrected chi connectivity index (χ0v) is 22.9. The highest BCUT2D eigenvalue weighted by Gasteiger charge is 2.14. The third kappa shape index (κ3) is 5.54. The summed E-state index contributed by atoms with van der Waals surface area (Å²) < 4.78 is 8.95. The van der Waals surface area contributed by atoms with Crippen LogP contribution in [0, 0.1) is 0 Å². The van der Waals surface area contributed by atoms with Crippen molar-refractivity contribution in [2.24, 2.45) is 5.10 Å². The molecule has 0 N–H and O–H groups in total. The van der Waals surface area contributed by atoms with E-state index in [0.29, 0.717) is 44.7 Å². The Morgan fingerprint density at radius 3 is 2.32 bits per heavy atom. The SMILES string of the molecule is CC(C)c1nc2ccc(Br)cc2c(=O)n1N=Cc1cc(Cl)c(OCc2ccc(Br)cc2)c(Cl)c1. The molecule has 9 heteroatoms. The van der Waals surface area contributed by atoms with Gasteiger partial charge in [0, 0.05) is 14.9 Å². The Bertz CT molecular complexity index is 1430. The average Bonchev–Trinajstić information content (AvgIpc) is 2.79. The lowest BCUT2D eigenvalue weighted by atomic mass is 10.2. The van der Waals surface area contributed by atoms with Crippen LogP contribution in [-0.2, 0) is 6.61 Å². The Morgan fingerprint density at radius 1 is 1.03 bits per heavy atom. The number of hydrogen-bond acceptors (Lipinski definition) is 4. The molecule has 0 bridgehead atoms. The van der Waals surface area contributed by atoms with Gasteiger partial charge in [-0.1, -0.05) is 81.0 Å². The van der Waals surface area contributed by atoms with Crippen LogP contribution >= 0.6 is 55.1 Å². The van der Waals surface area contributed by atoms with Crippen LogP contribution in [0.3, 0.4) is 0 Å². The molecule has 1 aromatic heterocycles. The maximum absolute atomic E-state index is 13.2. The predicted octanol–water partition coefficient (Wildman–Crippen LogP) is 7.81. The van der Waals surface area contributed by atoms with Crippen molar-refractivity contribution < 1.29 is 4.74 Å². The Balaban J connectivity index is 1.65. The van der Waals surface area contributed by atoms with Crippen molar-refractivity contribution in [2.45, 2.75) is 26.4 Å². The Labute approximate surface area is 223 Å². The molecule has 0 atom stereocenters. The summed E-state index contributed by atoms with van der Waals surface area (Å²) in [5, 5.41) is 5.61. The monoisotopic (exact) mass is 621 g/mol. The lowest BCUT2D eigenvalue weighted by molar-refractivity contribution is 0.306. The summed E-state index contributed by atoms with van der Waals surface area (Å²) in [6.45, 7) is 4.25. The zero-order valence-electron chi connectivity index (χ0n) is 18.2. The number of hydrogen-bond donors (Lipinski definition) is 0.